The fraction of sp³-hybridized carbons (Fsp3) is 0.870. The molecule has 5 heterocycles. The summed E-state index contributed by atoms with van der Waals surface area (Å²) >= 11 is 4.53. The van der Waals surface area contributed by atoms with Gasteiger partial charge in [0.05, 0.1) is 75.6 Å². The molecule has 20 N–H and O–H groups in total. The van der Waals surface area contributed by atoms with Crippen molar-refractivity contribution in [1.82, 2.24) is 16.0 Å². The first kappa shape index (κ1) is 69.9. The van der Waals surface area contributed by atoms with Gasteiger partial charge in [0.2, 0.25) is 17.7 Å². The summed E-state index contributed by atoms with van der Waals surface area (Å²) in [7, 11) is 0. The van der Waals surface area contributed by atoms with E-state index in [0.29, 0.717) is 0 Å². The number of carboxylic acids is 2. The van der Waals surface area contributed by atoms with E-state index >= 15 is 0 Å². The second-order valence-electron chi connectivity index (χ2n) is 20.2. The number of aliphatic hydroxyl groups excluding tert-OH is 15. The summed E-state index contributed by atoms with van der Waals surface area (Å²) in [4.78, 5) is 68.0. The third-order valence-electron chi connectivity index (χ3n) is 14.2. The van der Waals surface area contributed by atoms with Crippen molar-refractivity contribution in [3.05, 3.63) is 0 Å². The summed E-state index contributed by atoms with van der Waals surface area (Å²) in [5.74, 6) is -14.1. The van der Waals surface area contributed by atoms with Crippen molar-refractivity contribution in [2.45, 2.75) is 205 Å². The van der Waals surface area contributed by atoms with Gasteiger partial charge >= 0.3 is 11.9 Å². The van der Waals surface area contributed by atoms with Crippen molar-refractivity contribution in [3.63, 3.8) is 0 Å². The topological polar surface area (TPSA) is 570 Å². The SMILES string of the molecule is CC(=O)NC1[C@H](O[C@H]2C(CO)O[C@@H](O[C@@H]3C(CO)O[C@@H](OCCCN=C=S)C(O)[C@H]3O)C(O)[C@H]2O[C@]2(C(=O)O)C[C@@H](O)[C@@H](NC(C)=O)C([C@H](O)[C@@H](CO)O[C@]3(C(=O)O)C[C@@H](O)[C@@H](NC(C)=O)C([C@H](O)[C@H](O)CO)O3)O2)OC(CO)[C@H](O)[C@@H]1O. The number of ether oxygens (including phenoxy) is 10. The molecule has 0 aromatic rings. The highest BCUT2D eigenvalue weighted by molar-refractivity contribution is 7.78. The van der Waals surface area contributed by atoms with Crippen LogP contribution in [-0.2, 0) is 71.3 Å². The number of rotatable bonds is 27. The summed E-state index contributed by atoms with van der Waals surface area (Å²) in [6.07, 6.45) is -49.7. The van der Waals surface area contributed by atoms with Gasteiger partial charge in [0.15, 0.2) is 18.9 Å². The van der Waals surface area contributed by atoms with Crippen LogP contribution in [0.2, 0.25) is 0 Å². The Balaban J connectivity index is 1.60. The molecule has 83 heavy (non-hydrogen) atoms. The zero-order valence-corrected chi connectivity index (χ0v) is 45.4. The highest BCUT2D eigenvalue weighted by Gasteiger charge is 2.63. The molecule has 36 nitrogen and oxygen atoms in total. The van der Waals surface area contributed by atoms with Crippen LogP contribution in [-0.4, -0.2) is 332 Å². The first-order valence-corrected chi connectivity index (χ1v) is 26.3. The molecule has 5 aliphatic rings. The van der Waals surface area contributed by atoms with Crippen molar-refractivity contribution in [2.75, 3.05) is 46.2 Å². The van der Waals surface area contributed by atoms with Crippen LogP contribution in [0.1, 0.15) is 40.0 Å². The highest BCUT2D eigenvalue weighted by Crippen LogP contribution is 2.42. The smallest absolute Gasteiger partial charge is 0.364 e. The van der Waals surface area contributed by atoms with Gasteiger partial charge in [-0.25, -0.2) is 14.6 Å². The summed E-state index contributed by atoms with van der Waals surface area (Å²) < 4.78 is 58.1. The molecule has 3 amide bonds. The fourth-order valence-corrected chi connectivity index (χ4v) is 10.2. The number of nitrogens with one attached hydrogen (secondary N) is 3. The monoisotopic (exact) mass is 1230 g/mol. The van der Waals surface area contributed by atoms with Gasteiger partial charge < -0.3 is 150 Å². The van der Waals surface area contributed by atoms with E-state index in [-0.39, 0.29) is 19.6 Å². The maximum atomic E-state index is 13.9. The predicted octanol–water partition coefficient (Wildman–Crippen LogP) is -11.6. The van der Waals surface area contributed by atoms with Gasteiger partial charge in [-0.2, -0.15) is 0 Å². The maximum Gasteiger partial charge on any atom is 0.364 e. The minimum Gasteiger partial charge on any atom is -0.477 e. The second kappa shape index (κ2) is 30.7. The summed E-state index contributed by atoms with van der Waals surface area (Å²) in [5, 5.41) is 196. The van der Waals surface area contributed by atoms with Crippen molar-refractivity contribution < 1.29 is 158 Å². The molecule has 0 radical (unpaired) electrons. The van der Waals surface area contributed by atoms with Crippen molar-refractivity contribution in [3.8, 4) is 0 Å². The normalized spacial score (nSPS) is 40.8. The Morgan fingerprint density at radius 1 is 0.602 bits per heavy atom. The number of nitrogens with zero attached hydrogens (tertiary/aromatic N) is 1. The number of carboxylic acid groups (broad SMARTS) is 2. The zero-order valence-electron chi connectivity index (χ0n) is 44.6. The Labute approximate surface area is 475 Å². The first-order valence-electron chi connectivity index (χ1n) is 25.9. The molecule has 0 saturated carbocycles. The van der Waals surface area contributed by atoms with Crippen LogP contribution in [0.4, 0.5) is 0 Å². The second-order valence-corrected chi connectivity index (χ2v) is 20.4. The number of carbonyl (C=O) groups excluding carboxylic acids is 3. The Morgan fingerprint density at radius 3 is 1.61 bits per heavy atom. The lowest BCUT2D eigenvalue weighted by Gasteiger charge is -2.52. The van der Waals surface area contributed by atoms with E-state index in [1.807, 2.05) is 0 Å². The minimum absolute atomic E-state index is 0.129. The zero-order chi connectivity index (χ0) is 62.0. The molecule has 5 saturated heterocycles. The Bertz CT molecular complexity index is 2210. The van der Waals surface area contributed by atoms with Crippen LogP contribution < -0.4 is 16.0 Å². The van der Waals surface area contributed by atoms with Crippen LogP contribution in [0.3, 0.4) is 0 Å². The molecule has 27 atom stereocenters. The van der Waals surface area contributed by atoms with E-state index < -0.39 is 240 Å². The summed E-state index contributed by atoms with van der Waals surface area (Å²) in [5.41, 5.74) is 0. The van der Waals surface area contributed by atoms with Gasteiger partial charge in [-0.3, -0.25) is 14.4 Å². The highest BCUT2D eigenvalue weighted by atomic mass is 32.1. The molecule has 5 aliphatic heterocycles. The lowest BCUT2D eigenvalue weighted by atomic mass is 9.87. The van der Waals surface area contributed by atoms with E-state index in [1.165, 1.54) is 0 Å². The maximum absolute atomic E-state index is 13.9. The van der Waals surface area contributed by atoms with E-state index in [1.54, 1.807) is 0 Å². The average Bonchev–Trinajstić information content (AvgIpc) is 3.57. The molecule has 0 aromatic heterocycles. The summed E-state index contributed by atoms with van der Waals surface area (Å²) in [6, 6.07) is -5.56. The van der Waals surface area contributed by atoms with Crippen LogP contribution >= 0.6 is 12.2 Å². The molecule has 0 bridgehead atoms. The van der Waals surface area contributed by atoms with Crippen molar-refractivity contribution in [1.29, 1.82) is 0 Å². The van der Waals surface area contributed by atoms with Crippen molar-refractivity contribution >= 4 is 47.0 Å². The Kier molecular flexibility index (Phi) is 25.8. The third-order valence-corrected chi connectivity index (χ3v) is 14.4. The van der Waals surface area contributed by atoms with Gasteiger partial charge in [0.1, 0.15) is 110 Å². The number of amides is 3. The molecule has 0 spiro atoms. The van der Waals surface area contributed by atoms with E-state index in [2.05, 4.69) is 38.3 Å². The molecule has 0 aliphatic carbocycles. The van der Waals surface area contributed by atoms with Gasteiger partial charge in [-0.15, -0.1) is 0 Å². The Hall–Kier alpha value is -3.85. The molecule has 0 aromatic carbocycles. The van der Waals surface area contributed by atoms with Gasteiger partial charge in [0.25, 0.3) is 11.6 Å². The number of aliphatic imine (C=N–C) groups is 1. The number of hydrogen-bond donors (Lipinski definition) is 20. The van der Waals surface area contributed by atoms with Gasteiger partial charge in [0, 0.05) is 33.6 Å². The molecule has 37 heteroatoms. The van der Waals surface area contributed by atoms with Crippen LogP contribution in [0.15, 0.2) is 4.99 Å². The lowest BCUT2D eigenvalue weighted by Crippen LogP contribution is -2.72. The van der Waals surface area contributed by atoms with E-state index in [0.717, 1.165) is 20.8 Å². The largest absolute Gasteiger partial charge is 0.477 e. The lowest BCUT2D eigenvalue weighted by molar-refractivity contribution is -0.402. The number of carbonyl (C=O) groups is 5. The Morgan fingerprint density at radius 2 is 1.10 bits per heavy atom. The molecule has 5 rings (SSSR count). The van der Waals surface area contributed by atoms with Crippen molar-refractivity contribution in [2.24, 2.45) is 4.99 Å². The van der Waals surface area contributed by atoms with E-state index in [9.17, 15) is 111 Å². The number of thiocarbonyl (C=S) groups is 1. The minimum atomic E-state index is -3.54. The quantitative estimate of drug-likeness (QED) is 0.0206. The fourth-order valence-electron chi connectivity index (χ4n) is 10.2. The molecular formula is C46H74N4O32S. The average molecular weight is 1230 g/mol. The van der Waals surface area contributed by atoms with Gasteiger partial charge in [-0.05, 0) is 18.6 Å². The van der Waals surface area contributed by atoms with Crippen LogP contribution in [0.5, 0.6) is 0 Å². The number of hydrogen-bond acceptors (Lipinski definition) is 32. The molecular weight excluding hydrogens is 1150 g/mol. The molecule has 8 unspecified atom stereocenters. The molecule has 5 fully saturated rings. The number of aliphatic carboxylic acids is 2. The van der Waals surface area contributed by atoms with Gasteiger partial charge in [-0.1, -0.05) is 0 Å². The third kappa shape index (κ3) is 16.2. The van der Waals surface area contributed by atoms with Crippen LogP contribution in [0, 0.1) is 0 Å². The predicted molar refractivity (Wildman–Crippen MR) is 264 cm³/mol. The standard InChI is InChI=1S/C46H74N4O32S/c1-15(56)48-25-18(59)7-45(43(69)70,80-37(25)28(62)20(61)9-51)79-22(11-53)30(64)38-26(49-16(2)57)19(60)8-46(81-38,44(71)72)82-39-34(68)42(77-35-23(12-54)75-41(33(67)32(35)66)73-6-4-5-47-14-83)76-24(13-55)36(39)78-40-27(50-17(3)58)31(65)29(63)21(10-52)74-40/h18-42,51-55,59-68H,4-13H2,1-3H3,(H,48,56)(H,49,57)(H,50,58)(H,69,70)(H,71,72)/t18-,19-,20-,21?,22-,23?,24?,25-,26-,27?,28-,29+,30-,31-,32-,33?,34?,35-,36+,37?,38?,39-,40+,41-,42+,45-,46+/m1/s1. The number of isothiocyanates is 1. The van der Waals surface area contributed by atoms with Crippen LogP contribution in [0.25, 0.3) is 0 Å². The van der Waals surface area contributed by atoms with E-state index in [4.69, 9.17) is 47.4 Å². The number of aliphatic hydroxyl groups is 15. The molecule has 476 valence electrons. The summed E-state index contributed by atoms with van der Waals surface area (Å²) in [6.45, 7) is -3.15. The first-order chi connectivity index (χ1) is 39.1.